The van der Waals surface area contributed by atoms with Crippen LogP contribution in [0.2, 0.25) is 0 Å². The van der Waals surface area contributed by atoms with Crippen LogP contribution in [0.1, 0.15) is 12.5 Å². The number of thioether (sulfide) groups is 1. The fourth-order valence-electron chi connectivity index (χ4n) is 2.57. The smallest absolute Gasteiger partial charge is 0.316 e. The molecule has 0 amide bonds. The highest BCUT2D eigenvalue weighted by Gasteiger charge is 2.15. The molecule has 0 spiro atoms. The minimum Gasteiger partial charge on any atom is -0.465 e. The van der Waals surface area contributed by atoms with E-state index in [2.05, 4.69) is 42.2 Å². The molecule has 4 heteroatoms. The number of fused-ring (bicyclic) bond motifs is 1. The van der Waals surface area contributed by atoms with Gasteiger partial charge in [0, 0.05) is 15.8 Å². The summed E-state index contributed by atoms with van der Waals surface area (Å²) in [5.41, 5.74) is 4.46. The number of aryl methyl sites for hydroxylation is 1. The first kappa shape index (κ1) is 15.7. The van der Waals surface area contributed by atoms with Crippen molar-refractivity contribution in [2.75, 3.05) is 12.4 Å². The molecule has 0 bridgehead atoms. The number of carbonyl (C=O) groups is 1. The average Bonchev–Trinajstić information content (AvgIpc) is 2.92. The van der Waals surface area contributed by atoms with Gasteiger partial charge in [-0.3, -0.25) is 4.79 Å². The third-order valence-corrected chi connectivity index (χ3v) is 4.70. The summed E-state index contributed by atoms with van der Waals surface area (Å²) in [6.45, 7) is 4.32. The van der Waals surface area contributed by atoms with E-state index in [0.717, 1.165) is 27.1 Å². The highest BCUT2D eigenvalue weighted by atomic mass is 32.2. The molecule has 3 nitrogen and oxygen atoms in total. The van der Waals surface area contributed by atoms with Gasteiger partial charge in [-0.15, -0.1) is 11.8 Å². The van der Waals surface area contributed by atoms with Crippen molar-refractivity contribution in [3.63, 3.8) is 0 Å². The Balaban J connectivity index is 2.04. The molecule has 1 aromatic heterocycles. The number of aromatic nitrogens is 1. The average molecular weight is 325 g/mol. The summed E-state index contributed by atoms with van der Waals surface area (Å²) in [5.74, 6) is 0.132. The summed E-state index contributed by atoms with van der Waals surface area (Å²) in [6, 6.07) is 16.5. The zero-order chi connectivity index (χ0) is 16.2. The lowest BCUT2D eigenvalue weighted by Crippen LogP contribution is -2.06. The second-order valence-corrected chi connectivity index (χ2v) is 6.32. The largest absolute Gasteiger partial charge is 0.465 e. The van der Waals surface area contributed by atoms with Gasteiger partial charge < -0.3 is 9.72 Å². The van der Waals surface area contributed by atoms with Crippen LogP contribution in [0.15, 0.2) is 53.4 Å². The van der Waals surface area contributed by atoms with Crippen LogP contribution in [0.5, 0.6) is 0 Å². The minimum absolute atomic E-state index is 0.182. The van der Waals surface area contributed by atoms with E-state index in [1.807, 2.05) is 25.1 Å². The maximum absolute atomic E-state index is 11.7. The number of aromatic amines is 1. The molecule has 23 heavy (non-hydrogen) atoms. The summed E-state index contributed by atoms with van der Waals surface area (Å²) in [6.07, 6.45) is 0. The van der Waals surface area contributed by atoms with Gasteiger partial charge in [-0.25, -0.2) is 0 Å². The summed E-state index contributed by atoms with van der Waals surface area (Å²) < 4.78 is 5.05. The van der Waals surface area contributed by atoms with Crippen molar-refractivity contribution in [1.82, 2.24) is 4.98 Å². The molecule has 118 valence electrons. The standard InChI is InChI=1S/C19H19NO2S/c1-3-22-17(21)12-23-19-15-11-13(2)9-10-16(15)20-18(19)14-7-5-4-6-8-14/h4-11,20H,3,12H2,1-2H3. The molecule has 1 heterocycles. The van der Waals surface area contributed by atoms with Crippen LogP contribution in [0.4, 0.5) is 0 Å². The third-order valence-electron chi connectivity index (χ3n) is 3.61. The molecule has 2 aromatic carbocycles. The predicted molar refractivity (Wildman–Crippen MR) is 95.8 cm³/mol. The quantitative estimate of drug-likeness (QED) is 0.541. The summed E-state index contributed by atoms with van der Waals surface area (Å²) in [4.78, 5) is 16.3. The van der Waals surface area contributed by atoms with Crippen molar-refractivity contribution >= 4 is 28.6 Å². The van der Waals surface area contributed by atoms with Crippen molar-refractivity contribution in [3.8, 4) is 11.3 Å². The zero-order valence-electron chi connectivity index (χ0n) is 13.3. The minimum atomic E-state index is -0.182. The Morgan fingerprint density at radius 1 is 1.17 bits per heavy atom. The molecule has 3 rings (SSSR count). The Labute approximate surface area is 140 Å². The second kappa shape index (κ2) is 6.92. The predicted octanol–water partition coefficient (Wildman–Crippen LogP) is 4.80. The maximum Gasteiger partial charge on any atom is 0.316 e. The number of hydrogen-bond donors (Lipinski definition) is 1. The number of ether oxygens (including phenoxy) is 1. The van der Waals surface area contributed by atoms with Crippen LogP contribution in [0.3, 0.4) is 0 Å². The Bertz CT molecular complexity index is 824. The number of nitrogens with one attached hydrogen (secondary N) is 1. The number of rotatable bonds is 5. The van der Waals surface area contributed by atoms with E-state index in [1.54, 1.807) is 0 Å². The lowest BCUT2D eigenvalue weighted by molar-refractivity contribution is -0.139. The summed E-state index contributed by atoms with van der Waals surface area (Å²) >= 11 is 1.53. The molecule has 0 fully saturated rings. The Hall–Kier alpha value is -2.20. The van der Waals surface area contributed by atoms with Crippen molar-refractivity contribution in [2.24, 2.45) is 0 Å². The van der Waals surface area contributed by atoms with E-state index >= 15 is 0 Å². The van der Waals surface area contributed by atoms with Crippen molar-refractivity contribution in [2.45, 2.75) is 18.7 Å². The molecule has 0 aliphatic rings. The molecule has 1 N–H and O–H groups in total. The van der Waals surface area contributed by atoms with Crippen LogP contribution in [-0.2, 0) is 9.53 Å². The normalized spacial score (nSPS) is 10.9. The molecular weight excluding hydrogens is 306 g/mol. The van der Waals surface area contributed by atoms with Gasteiger partial charge in [-0.05, 0) is 31.5 Å². The summed E-state index contributed by atoms with van der Waals surface area (Å²) in [5, 5.41) is 1.15. The zero-order valence-corrected chi connectivity index (χ0v) is 14.1. The van der Waals surface area contributed by atoms with Crippen LogP contribution >= 0.6 is 11.8 Å². The highest BCUT2D eigenvalue weighted by Crippen LogP contribution is 2.38. The van der Waals surface area contributed by atoms with E-state index in [0.29, 0.717) is 12.4 Å². The molecule has 0 unspecified atom stereocenters. The lowest BCUT2D eigenvalue weighted by Gasteiger charge is -2.05. The van der Waals surface area contributed by atoms with Crippen LogP contribution in [0.25, 0.3) is 22.2 Å². The number of H-pyrrole nitrogens is 1. The van der Waals surface area contributed by atoms with Gasteiger partial charge >= 0.3 is 5.97 Å². The van der Waals surface area contributed by atoms with Crippen molar-refractivity contribution < 1.29 is 9.53 Å². The van der Waals surface area contributed by atoms with Crippen molar-refractivity contribution in [1.29, 1.82) is 0 Å². The molecule has 0 saturated heterocycles. The Morgan fingerprint density at radius 3 is 2.70 bits per heavy atom. The number of carbonyl (C=O) groups excluding carboxylic acids is 1. The van der Waals surface area contributed by atoms with Crippen molar-refractivity contribution in [3.05, 3.63) is 54.1 Å². The van der Waals surface area contributed by atoms with E-state index in [4.69, 9.17) is 4.74 Å². The molecule has 0 radical (unpaired) electrons. The number of esters is 1. The molecule has 0 aliphatic carbocycles. The SMILES string of the molecule is CCOC(=O)CSc1c(-c2ccccc2)[nH]c2ccc(C)cc12. The maximum atomic E-state index is 11.7. The molecule has 0 saturated carbocycles. The first-order valence-corrected chi connectivity index (χ1v) is 8.63. The molecule has 0 aliphatic heterocycles. The Kier molecular flexibility index (Phi) is 4.72. The Morgan fingerprint density at radius 2 is 1.96 bits per heavy atom. The van der Waals surface area contributed by atoms with Crippen LogP contribution in [0, 0.1) is 6.92 Å². The topological polar surface area (TPSA) is 42.1 Å². The van der Waals surface area contributed by atoms with E-state index in [-0.39, 0.29) is 5.97 Å². The summed E-state index contributed by atoms with van der Waals surface area (Å²) in [7, 11) is 0. The third kappa shape index (κ3) is 3.42. The molecule has 3 aromatic rings. The highest BCUT2D eigenvalue weighted by molar-refractivity contribution is 8.00. The van der Waals surface area contributed by atoms with E-state index < -0.39 is 0 Å². The fraction of sp³-hybridized carbons (Fsp3) is 0.211. The second-order valence-electron chi connectivity index (χ2n) is 5.34. The van der Waals surface area contributed by atoms with E-state index in [1.165, 1.54) is 17.3 Å². The number of hydrogen-bond acceptors (Lipinski definition) is 3. The van der Waals surface area contributed by atoms with Gasteiger partial charge in [0.05, 0.1) is 18.1 Å². The van der Waals surface area contributed by atoms with Crippen LogP contribution in [-0.4, -0.2) is 23.3 Å². The van der Waals surface area contributed by atoms with Gasteiger partial charge in [0.1, 0.15) is 0 Å². The first-order valence-electron chi connectivity index (χ1n) is 7.65. The monoisotopic (exact) mass is 325 g/mol. The van der Waals surface area contributed by atoms with Gasteiger partial charge in [-0.2, -0.15) is 0 Å². The molecule has 0 atom stereocenters. The number of benzene rings is 2. The van der Waals surface area contributed by atoms with E-state index in [9.17, 15) is 4.79 Å². The van der Waals surface area contributed by atoms with Crippen LogP contribution < -0.4 is 0 Å². The lowest BCUT2D eigenvalue weighted by atomic mass is 10.1. The van der Waals surface area contributed by atoms with Gasteiger partial charge in [0.25, 0.3) is 0 Å². The fourth-order valence-corrected chi connectivity index (χ4v) is 3.56. The van der Waals surface area contributed by atoms with Gasteiger partial charge in [-0.1, -0.05) is 42.0 Å². The first-order chi connectivity index (χ1) is 11.2. The molecular formula is C19H19NO2S. The van der Waals surface area contributed by atoms with Gasteiger partial charge in [0.15, 0.2) is 0 Å². The van der Waals surface area contributed by atoms with Gasteiger partial charge in [0.2, 0.25) is 0 Å².